The maximum absolute atomic E-state index is 7.71. The van der Waals surface area contributed by atoms with Crippen LogP contribution in [0.2, 0.25) is 0 Å². The summed E-state index contributed by atoms with van der Waals surface area (Å²) in [7, 11) is 1.98. The van der Waals surface area contributed by atoms with E-state index < -0.39 is 0 Å². The minimum absolute atomic E-state index is 0.0667. The quantitative estimate of drug-likeness (QED) is 0.639. The van der Waals surface area contributed by atoms with Crippen LogP contribution in [0.5, 0.6) is 0 Å². The van der Waals surface area contributed by atoms with E-state index in [1.54, 1.807) is 6.20 Å². The predicted molar refractivity (Wildman–Crippen MR) is 76.9 cm³/mol. The minimum atomic E-state index is 0.0667. The van der Waals surface area contributed by atoms with Crippen molar-refractivity contribution in [2.45, 2.75) is 32.3 Å². The van der Waals surface area contributed by atoms with Crippen molar-refractivity contribution in [1.29, 1.82) is 5.41 Å². The van der Waals surface area contributed by atoms with Gasteiger partial charge in [-0.05, 0) is 37.8 Å². The molecule has 0 amide bonds. The van der Waals surface area contributed by atoms with Gasteiger partial charge in [0.2, 0.25) is 0 Å². The first kappa shape index (κ1) is 13.8. The Morgan fingerprint density at radius 3 is 3.00 bits per heavy atom. The second-order valence-corrected chi connectivity index (χ2v) is 5.11. The van der Waals surface area contributed by atoms with E-state index in [1.165, 1.54) is 6.42 Å². The fourth-order valence-corrected chi connectivity index (χ4v) is 2.51. The van der Waals surface area contributed by atoms with Crippen LogP contribution >= 0.6 is 0 Å². The van der Waals surface area contributed by atoms with Gasteiger partial charge in [-0.25, -0.2) is 4.98 Å². The van der Waals surface area contributed by atoms with E-state index >= 15 is 0 Å². The smallest absolute Gasteiger partial charge is 0.139 e. The maximum Gasteiger partial charge on any atom is 0.139 e. The molecule has 2 heterocycles. The van der Waals surface area contributed by atoms with Crippen LogP contribution < -0.4 is 10.6 Å². The van der Waals surface area contributed by atoms with Gasteiger partial charge in [0.1, 0.15) is 11.7 Å². The number of nitrogens with two attached hydrogens (primary N) is 1. The molecule has 1 aromatic heterocycles. The average molecular weight is 262 g/mol. The van der Waals surface area contributed by atoms with Crippen molar-refractivity contribution in [2.75, 3.05) is 25.1 Å². The lowest BCUT2D eigenvalue weighted by molar-refractivity contribution is 0.0215. The lowest BCUT2D eigenvalue weighted by atomic mass is 10.1. The highest BCUT2D eigenvalue weighted by atomic mass is 16.5. The summed E-state index contributed by atoms with van der Waals surface area (Å²) in [4.78, 5) is 6.42. The summed E-state index contributed by atoms with van der Waals surface area (Å²) in [6.07, 6.45) is 5.47. The van der Waals surface area contributed by atoms with Crippen molar-refractivity contribution in [3.8, 4) is 0 Å². The van der Waals surface area contributed by atoms with Gasteiger partial charge >= 0.3 is 0 Å². The second-order valence-electron chi connectivity index (χ2n) is 5.11. The Labute approximate surface area is 114 Å². The molecular weight excluding hydrogens is 240 g/mol. The molecule has 1 atom stereocenters. The van der Waals surface area contributed by atoms with Gasteiger partial charge < -0.3 is 15.4 Å². The predicted octanol–water partition coefficient (Wildman–Crippen LogP) is 1.68. The van der Waals surface area contributed by atoms with Crippen molar-refractivity contribution >= 4 is 11.7 Å². The van der Waals surface area contributed by atoms with Crippen molar-refractivity contribution in [1.82, 2.24) is 4.98 Å². The first-order valence-corrected chi connectivity index (χ1v) is 6.72. The highest BCUT2D eigenvalue weighted by Gasteiger charge is 2.19. The molecule has 0 bridgehead atoms. The third-order valence-electron chi connectivity index (χ3n) is 3.52. The van der Waals surface area contributed by atoms with Gasteiger partial charge in [-0.3, -0.25) is 5.41 Å². The zero-order valence-electron chi connectivity index (χ0n) is 11.6. The highest BCUT2D eigenvalue weighted by molar-refractivity contribution is 6.00. The van der Waals surface area contributed by atoms with Crippen LogP contribution in [0.3, 0.4) is 0 Å². The van der Waals surface area contributed by atoms with Gasteiger partial charge in [-0.2, -0.15) is 0 Å². The largest absolute Gasteiger partial charge is 0.384 e. The molecule has 0 spiro atoms. The third-order valence-corrected chi connectivity index (χ3v) is 3.52. The summed E-state index contributed by atoms with van der Waals surface area (Å²) in [5.74, 6) is 0.832. The number of anilines is 1. The van der Waals surface area contributed by atoms with E-state index in [0.717, 1.165) is 42.9 Å². The first-order valence-electron chi connectivity index (χ1n) is 6.72. The Morgan fingerprint density at radius 2 is 2.37 bits per heavy atom. The fraction of sp³-hybridized carbons (Fsp3) is 0.571. The van der Waals surface area contributed by atoms with Gasteiger partial charge in [0.25, 0.3) is 0 Å². The van der Waals surface area contributed by atoms with Crippen LogP contribution in [-0.4, -0.2) is 37.1 Å². The van der Waals surface area contributed by atoms with E-state index in [1.807, 2.05) is 24.9 Å². The van der Waals surface area contributed by atoms with E-state index in [4.69, 9.17) is 15.9 Å². The monoisotopic (exact) mass is 262 g/mol. The topological polar surface area (TPSA) is 75.2 Å². The number of hydrogen-bond donors (Lipinski definition) is 2. The summed E-state index contributed by atoms with van der Waals surface area (Å²) in [5, 5.41) is 7.71. The summed E-state index contributed by atoms with van der Waals surface area (Å²) >= 11 is 0. The van der Waals surface area contributed by atoms with Crippen molar-refractivity contribution in [3.63, 3.8) is 0 Å². The van der Waals surface area contributed by atoms with Gasteiger partial charge in [-0.1, -0.05) is 0 Å². The van der Waals surface area contributed by atoms with Gasteiger partial charge in [0.05, 0.1) is 11.7 Å². The summed E-state index contributed by atoms with van der Waals surface area (Å²) in [6, 6.07) is 1.88. The SMILES string of the molecule is Cc1ccnc(N(C)CC2CCCCO2)c1C(=N)N. The molecule has 1 aromatic rings. The summed E-state index contributed by atoms with van der Waals surface area (Å²) < 4.78 is 5.75. The van der Waals surface area contributed by atoms with Gasteiger partial charge in [0.15, 0.2) is 0 Å². The molecule has 0 aromatic carbocycles. The summed E-state index contributed by atoms with van der Waals surface area (Å²) in [6.45, 7) is 3.59. The maximum atomic E-state index is 7.71. The average Bonchev–Trinajstić information content (AvgIpc) is 2.39. The standard InChI is InChI=1S/C14H22N4O/c1-10-6-7-17-14(12(10)13(15)16)18(2)9-11-5-3-4-8-19-11/h6-7,11H,3-5,8-9H2,1-2H3,(H3,15,16). The number of nitrogens with zero attached hydrogens (tertiary/aromatic N) is 2. The van der Waals surface area contributed by atoms with Crippen LogP contribution in [-0.2, 0) is 4.74 Å². The highest BCUT2D eigenvalue weighted by Crippen LogP contribution is 2.21. The van der Waals surface area contributed by atoms with Crippen LogP contribution in [0.1, 0.15) is 30.4 Å². The number of amidine groups is 1. The molecule has 0 radical (unpaired) electrons. The summed E-state index contributed by atoms with van der Waals surface area (Å²) in [5.41, 5.74) is 7.38. The van der Waals surface area contributed by atoms with E-state index in [0.29, 0.717) is 0 Å². The van der Waals surface area contributed by atoms with Crippen molar-refractivity contribution < 1.29 is 4.74 Å². The number of ether oxygens (including phenoxy) is 1. The molecule has 5 heteroatoms. The molecule has 0 aliphatic carbocycles. The Kier molecular flexibility index (Phi) is 4.37. The molecule has 1 aliphatic heterocycles. The van der Waals surface area contributed by atoms with Crippen LogP contribution in [0.4, 0.5) is 5.82 Å². The lowest BCUT2D eigenvalue weighted by Crippen LogP contribution is -2.35. The van der Waals surface area contributed by atoms with E-state index in [9.17, 15) is 0 Å². The Hall–Kier alpha value is -1.62. The molecule has 104 valence electrons. The molecule has 3 N–H and O–H groups in total. The molecule has 1 aliphatic rings. The number of nitrogen functional groups attached to an aromatic ring is 1. The number of rotatable bonds is 4. The lowest BCUT2D eigenvalue weighted by Gasteiger charge is -2.29. The van der Waals surface area contributed by atoms with Crippen molar-refractivity contribution in [2.24, 2.45) is 5.73 Å². The van der Waals surface area contributed by atoms with Gasteiger partial charge in [0, 0.05) is 26.4 Å². The minimum Gasteiger partial charge on any atom is -0.384 e. The number of hydrogen-bond acceptors (Lipinski definition) is 4. The normalized spacial score (nSPS) is 19.2. The molecule has 0 saturated carbocycles. The number of pyridine rings is 1. The number of aryl methyl sites for hydroxylation is 1. The van der Waals surface area contributed by atoms with E-state index in [-0.39, 0.29) is 11.9 Å². The number of likely N-dealkylation sites (N-methyl/N-ethyl adjacent to an activating group) is 1. The van der Waals surface area contributed by atoms with Crippen LogP contribution in [0.25, 0.3) is 0 Å². The fourth-order valence-electron chi connectivity index (χ4n) is 2.51. The van der Waals surface area contributed by atoms with Crippen molar-refractivity contribution in [3.05, 3.63) is 23.4 Å². The second kappa shape index (κ2) is 6.02. The van der Waals surface area contributed by atoms with Crippen LogP contribution in [0, 0.1) is 12.3 Å². The van der Waals surface area contributed by atoms with E-state index in [2.05, 4.69) is 4.98 Å². The molecule has 1 saturated heterocycles. The Bertz CT molecular complexity index is 455. The van der Waals surface area contributed by atoms with Gasteiger partial charge in [-0.15, -0.1) is 0 Å². The van der Waals surface area contributed by atoms with Crippen LogP contribution in [0.15, 0.2) is 12.3 Å². The molecule has 2 rings (SSSR count). The Balaban J connectivity index is 2.16. The zero-order chi connectivity index (χ0) is 13.8. The number of aromatic nitrogens is 1. The molecular formula is C14H22N4O. The number of nitrogens with one attached hydrogen (secondary N) is 1. The molecule has 1 unspecified atom stereocenters. The third kappa shape index (κ3) is 3.23. The molecule has 5 nitrogen and oxygen atoms in total. The zero-order valence-corrected chi connectivity index (χ0v) is 11.6. The molecule has 19 heavy (non-hydrogen) atoms. The Morgan fingerprint density at radius 1 is 1.58 bits per heavy atom. The first-order chi connectivity index (χ1) is 9.09. The molecule has 1 fully saturated rings.